The Bertz CT molecular complexity index is 1400. The van der Waals surface area contributed by atoms with E-state index in [1.54, 1.807) is 62.4 Å². The molecule has 10 heteroatoms. The molecule has 1 atom stereocenters. The van der Waals surface area contributed by atoms with Gasteiger partial charge in [0, 0.05) is 22.6 Å². The van der Waals surface area contributed by atoms with Crippen molar-refractivity contribution < 1.29 is 18.0 Å². The average molecular weight is 577 g/mol. The molecular weight excluding hydrogens is 545 g/mol. The van der Waals surface area contributed by atoms with Crippen LogP contribution in [0.25, 0.3) is 0 Å². The standard InChI is InChI=1S/C28H31Cl2N3O4S/c1-19(2)31-28(35)21(4)32(17-22-9-7-10-24(30)16-22)27(34)18-33(26-11-6-5-8-20(26)3)38(36,37)25-14-12-23(29)13-15-25/h5-16,19,21H,17-18H2,1-4H3,(H,31,35)/t21-/m0/s1. The van der Waals surface area contributed by atoms with Gasteiger partial charge in [0.15, 0.2) is 0 Å². The maximum atomic E-state index is 13.9. The highest BCUT2D eigenvalue weighted by Crippen LogP contribution is 2.28. The number of carbonyl (C=O) groups excluding carboxylic acids is 2. The Hall–Kier alpha value is -3.07. The minimum Gasteiger partial charge on any atom is -0.352 e. The number of para-hydroxylation sites is 1. The average Bonchev–Trinajstić information content (AvgIpc) is 2.85. The first-order valence-corrected chi connectivity index (χ1v) is 14.3. The highest BCUT2D eigenvalue weighted by atomic mass is 35.5. The van der Waals surface area contributed by atoms with Gasteiger partial charge in [-0.3, -0.25) is 13.9 Å². The summed E-state index contributed by atoms with van der Waals surface area (Å²) < 4.78 is 28.7. The van der Waals surface area contributed by atoms with E-state index in [2.05, 4.69) is 5.32 Å². The molecule has 0 aliphatic carbocycles. The van der Waals surface area contributed by atoms with Gasteiger partial charge in [0.1, 0.15) is 12.6 Å². The van der Waals surface area contributed by atoms with Crippen LogP contribution in [-0.4, -0.2) is 43.8 Å². The molecule has 202 valence electrons. The zero-order chi connectivity index (χ0) is 28.0. The fraction of sp³-hybridized carbons (Fsp3) is 0.286. The van der Waals surface area contributed by atoms with Crippen molar-refractivity contribution in [3.8, 4) is 0 Å². The number of carbonyl (C=O) groups is 2. The molecule has 0 saturated heterocycles. The minimum atomic E-state index is -4.16. The lowest BCUT2D eigenvalue weighted by molar-refractivity contribution is -0.139. The number of halogens is 2. The number of aryl methyl sites for hydroxylation is 1. The number of nitrogens with zero attached hydrogens (tertiary/aromatic N) is 2. The zero-order valence-corrected chi connectivity index (χ0v) is 24.0. The summed E-state index contributed by atoms with van der Waals surface area (Å²) in [5.41, 5.74) is 1.74. The number of benzene rings is 3. The van der Waals surface area contributed by atoms with Gasteiger partial charge in [-0.15, -0.1) is 0 Å². The van der Waals surface area contributed by atoms with Crippen molar-refractivity contribution in [2.45, 2.75) is 51.2 Å². The van der Waals surface area contributed by atoms with Gasteiger partial charge in [0.05, 0.1) is 10.6 Å². The van der Waals surface area contributed by atoms with E-state index in [0.29, 0.717) is 26.9 Å². The van der Waals surface area contributed by atoms with Crippen molar-refractivity contribution in [1.29, 1.82) is 0 Å². The number of nitrogens with one attached hydrogen (secondary N) is 1. The van der Waals surface area contributed by atoms with Crippen LogP contribution in [0, 0.1) is 6.92 Å². The third kappa shape index (κ3) is 7.28. The Kier molecular flexibility index (Phi) is 9.82. The molecule has 0 unspecified atom stereocenters. The summed E-state index contributed by atoms with van der Waals surface area (Å²) in [7, 11) is -4.16. The van der Waals surface area contributed by atoms with Gasteiger partial charge in [0.2, 0.25) is 11.8 Å². The van der Waals surface area contributed by atoms with Crippen molar-refractivity contribution in [3.63, 3.8) is 0 Å². The molecule has 0 heterocycles. The summed E-state index contributed by atoms with van der Waals surface area (Å²) in [6, 6.07) is 18.6. The number of rotatable bonds is 10. The second-order valence-electron chi connectivity index (χ2n) is 9.24. The maximum absolute atomic E-state index is 13.9. The van der Waals surface area contributed by atoms with Gasteiger partial charge >= 0.3 is 0 Å². The van der Waals surface area contributed by atoms with Crippen molar-refractivity contribution >= 4 is 50.7 Å². The summed E-state index contributed by atoms with van der Waals surface area (Å²) in [4.78, 5) is 28.2. The second kappa shape index (κ2) is 12.7. The number of anilines is 1. The Morgan fingerprint density at radius 3 is 2.16 bits per heavy atom. The SMILES string of the molecule is Cc1ccccc1N(CC(=O)N(Cc1cccc(Cl)c1)[C@@H](C)C(=O)NC(C)C)S(=O)(=O)c1ccc(Cl)cc1. The highest BCUT2D eigenvalue weighted by Gasteiger charge is 2.33. The molecule has 0 aliphatic heterocycles. The van der Waals surface area contributed by atoms with Crippen LogP contribution in [0.1, 0.15) is 31.9 Å². The topological polar surface area (TPSA) is 86.8 Å². The van der Waals surface area contributed by atoms with Gasteiger partial charge < -0.3 is 10.2 Å². The van der Waals surface area contributed by atoms with Crippen LogP contribution in [0.3, 0.4) is 0 Å². The summed E-state index contributed by atoms with van der Waals surface area (Å²) in [6.07, 6.45) is 0. The number of hydrogen-bond acceptors (Lipinski definition) is 4. The molecule has 0 aromatic heterocycles. The Morgan fingerprint density at radius 2 is 1.55 bits per heavy atom. The molecular formula is C28H31Cl2N3O4S. The van der Waals surface area contributed by atoms with Crippen molar-refractivity contribution in [2.24, 2.45) is 0 Å². The summed E-state index contributed by atoms with van der Waals surface area (Å²) in [5.74, 6) is -0.893. The predicted octanol–water partition coefficient (Wildman–Crippen LogP) is 5.44. The van der Waals surface area contributed by atoms with Gasteiger partial charge in [-0.05, 0) is 81.3 Å². The Labute approximate surface area is 234 Å². The summed E-state index contributed by atoms with van der Waals surface area (Å²) in [5, 5.41) is 3.70. The first kappa shape index (κ1) is 29.5. The van der Waals surface area contributed by atoms with E-state index >= 15 is 0 Å². The van der Waals surface area contributed by atoms with Crippen LogP contribution in [0.5, 0.6) is 0 Å². The molecule has 7 nitrogen and oxygen atoms in total. The quantitative estimate of drug-likeness (QED) is 0.348. The highest BCUT2D eigenvalue weighted by molar-refractivity contribution is 7.92. The first-order valence-electron chi connectivity index (χ1n) is 12.1. The van der Waals surface area contributed by atoms with E-state index in [-0.39, 0.29) is 23.4 Å². The maximum Gasteiger partial charge on any atom is 0.264 e. The molecule has 0 spiro atoms. The van der Waals surface area contributed by atoms with E-state index in [0.717, 1.165) is 4.31 Å². The molecule has 3 rings (SSSR count). The molecule has 0 radical (unpaired) electrons. The third-order valence-electron chi connectivity index (χ3n) is 5.90. The number of amides is 2. The Morgan fingerprint density at radius 1 is 0.895 bits per heavy atom. The zero-order valence-electron chi connectivity index (χ0n) is 21.7. The lowest BCUT2D eigenvalue weighted by Gasteiger charge is -2.32. The van der Waals surface area contributed by atoms with Crippen molar-refractivity contribution in [3.05, 3.63) is 94.0 Å². The normalized spacial score (nSPS) is 12.2. The largest absolute Gasteiger partial charge is 0.352 e. The van der Waals surface area contributed by atoms with Crippen LogP contribution in [-0.2, 0) is 26.2 Å². The van der Waals surface area contributed by atoms with Crippen LogP contribution in [0.4, 0.5) is 5.69 Å². The first-order chi connectivity index (χ1) is 17.9. The Balaban J connectivity index is 2.05. The van der Waals surface area contributed by atoms with Crippen LogP contribution < -0.4 is 9.62 Å². The van der Waals surface area contributed by atoms with Crippen molar-refractivity contribution in [1.82, 2.24) is 10.2 Å². The summed E-state index contributed by atoms with van der Waals surface area (Å²) in [6.45, 7) is 6.58. The lowest BCUT2D eigenvalue weighted by Crippen LogP contribution is -2.52. The molecule has 0 aliphatic rings. The van der Waals surface area contributed by atoms with E-state index in [1.807, 2.05) is 13.8 Å². The molecule has 0 saturated carbocycles. The smallest absolute Gasteiger partial charge is 0.264 e. The van der Waals surface area contributed by atoms with E-state index in [4.69, 9.17) is 23.2 Å². The molecule has 3 aromatic carbocycles. The molecule has 38 heavy (non-hydrogen) atoms. The minimum absolute atomic E-state index is 0.00931. The molecule has 0 bridgehead atoms. The van der Waals surface area contributed by atoms with Crippen LogP contribution in [0.15, 0.2) is 77.7 Å². The fourth-order valence-corrected chi connectivity index (χ4v) is 5.73. The molecule has 2 amide bonds. The van der Waals surface area contributed by atoms with Gasteiger partial charge in [-0.25, -0.2) is 8.42 Å². The number of sulfonamides is 1. The fourth-order valence-electron chi connectivity index (χ4n) is 3.91. The molecule has 1 N–H and O–H groups in total. The van der Waals surface area contributed by atoms with Crippen LogP contribution in [0.2, 0.25) is 10.0 Å². The summed E-state index contributed by atoms with van der Waals surface area (Å²) >= 11 is 12.1. The molecule has 3 aromatic rings. The van der Waals surface area contributed by atoms with Gasteiger partial charge in [-0.1, -0.05) is 53.5 Å². The van der Waals surface area contributed by atoms with Gasteiger partial charge in [0.25, 0.3) is 10.0 Å². The third-order valence-corrected chi connectivity index (χ3v) is 8.17. The van der Waals surface area contributed by atoms with Gasteiger partial charge in [-0.2, -0.15) is 0 Å². The van der Waals surface area contributed by atoms with E-state index in [1.165, 1.54) is 29.2 Å². The predicted molar refractivity (Wildman–Crippen MR) is 152 cm³/mol. The van der Waals surface area contributed by atoms with Crippen molar-refractivity contribution in [2.75, 3.05) is 10.8 Å². The van der Waals surface area contributed by atoms with E-state index in [9.17, 15) is 18.0 Å². The number of hydrogen-bond donors (Lipinski definition) is 1. The lowest BCUT2D eigenvalue weighted by atomic mass is 10.1. The van der Waals surface area contributed by atoms with E-state index < -0.39 is 28.5 Å². The second-order valence-corrected chi connectivity index (χ2v) is 12.0. The molecule has 0 fully saturated rings. The van der Waals surface area contributed by atoms with Crippen LogP contribution >= 0.6 is 23.2 Å². The monoisotopic (exact) mass is 575 g/mol.